The first kappa shape index (κ1) is 11.4. The molecule has 1 aliphatic rings. The van der Waals surface area contributed by atoms with Gasteiger partial charge in [-0.3, -0.25) is 0 Å². The van der Waals surface area contributed by atoms with Crippen molar-refractivity contribution in [3.8, 4) is 0 Å². The van der Waals surface area contributed by atoms with Crippen LogP contribution in [-0.2, 0) is 0 Å². The zero-order chi connectivity index (χ0) is 12.5. The summed E-state index contributed by atoms with van der Waals surface area (Å²) >= 11 is 0. The maximum absolute atomic E-state index is 13.4. The number of nitrogens with zero attached hydrogens (tertiary/aromatic N) is 1. The van der Waals surface area contributed by atoms with Gasteiger partial charge in [0.25, 0.3) is 0 Å². The van der Waals surface area contributed by atoms with E-state index in [9.17, 15) is 9.18 Å². The van der Waals surface area contributed by atoms with Gasteiger partial charge in [-0.1, -0.05) is 19.3 Å². The molecule has 1 aromatic carbocycles. The van der Waals surface area contributed by atoms with Crippen molar-refractivity contribution in [3.63, 3.8) is 0 Å². The van der Waals surface area contributed by atoms with E-state index in [0.717, 1.165) is 23.9 Å². The van der Waals surface area contributed by atoms with Gasteiger partial charge in [-0.15, -0.1) is 0 Å². The van der Waals surface area contributed by atoms with Gasteiger partial charge in [0.1, 0.15) is 5.82 Å². The highest BCUT2D eigenvalue weighted by Gasteiger charge is 2.19. The minimum Gasteiger partial charge on any atom is -0.309 e. The summed E-state index contributed by atoms with van der Waals surface area (Å²) in [6.07, 6.45) is 5.72. The highest BCUT2D eigenvalue weighted by Crippen LogP contribution is 2.34. The number of aromatic amines is 1. The Morgan fingerprint density at radius 1 is 1.22 bits per heavy atom. The second-order valence-electron chi connectivity index (χ2n) is 4.95. The first-order valence-corrected chi connectivity index (χ1v) is 6.43. The normalized spacial score (nSPS) is 17.2. The molecule has 0 unspecified atom stereocenters. The van der Waals surface area contributed by atoms with Gasteiger partial charge in [0.2, 0.25) is 0 Å². The summed E-state index contributed by atoms with van der Waals surface area (Å²) in [6, 6.07) is 4.40. The Bertz CT molecular complexity index is 629. The number of hydrogen-bond acceptors (Lipinski definition) is 2. The fourth-order valence-electron chi connectivity index (χ4n) is 2.85. The third-order valence-corrected chi connectivity index (χ3v) is 3.73. The minimum atomic E-state index is -0.338. The van der Waals surface area contributed by atoms with Crippen molar-refractivity contribution in [2.75, 3.05) is 0 Å². The van der Waals surface area contributed by atoms with Crippen molar-refractivity contribution in [3.05, 3.63) is 40.2 Å². The van der Waals surface area contributed by atoms with E-state index in [-0.39, 0.29) is 11.5 Å². The molecule has 0 spiro atoms. The Morgan fingerprint density at radius 2 is 2.00 bits per heavy atom. The van der Waals surface area contributed by atoms with Gasteiger partial charge in [0.15, 0.2) is 0 Å². The molecule has 3 nitrogen and oxygen atoms in total. The molecule has 1 aromatic heterocycles. The number of H-pyrrole nitrogens is 1. The molecule has 0 amide bonds. The van der Waals surface area contributed by atoms with Crippen LogP contribution < -0.4 is 5.69 Å². The molecule has 4 heteroatoms. The van der Waals surface area contributed by atoms with Gasteiger partial charge in [0.05, 0.1) is 5.52 Å². The Hall–Kier alpha value is -1.71. The van der Waals surface area contributed by atoms with Gasteiger partial charge in [-0.05, 0) is 37.0 Å². The van der Waals surface area contributed by atoms with E-state index >= 15 is 0 Å². The van der Waals surface area contributed by atoms with Crippen molar-refractivity contribution in [1.82, 2.24) is 9.97 Å². The molecule has 1 fully saturated rings. The van der Waals surface area contributed by atoms with Crippen LogP contribution in [0.4, 0.5) is 4.39 Å². The summed E-state index contributed by atoms with van der Waals surface area (Å²) in [5, 5.41) is 0.751. The van der Waals surface area contributed by atoms with Crippen LogP contribution in [0.25, 0.3) is 10.9 Å². The highest BCUT2D eigenvalue weighted by molar-refractivity contribution is 5.81. The van der Waals surface area contributed by atoms with Crippen LogP contribution >= 0.6 is 0 Å². The molecule has 1 heterocycles. The van der Waals surface area contributed by atoms with E-state index in [0.29, 0.717) is 11.4 Å². The number of rotatable bonds is 1. The zero-order valence-corrected chi connectivity index (χ0v) is 10.1. The van der Waals surface area contributed by atoms with Crippen LogP contribution in [0.3, 0.4) is 0 Å². The lowest BCUT2D eigenvalue weighted by Crippen LogP contribution is -2.17. The first-order valence-electron chi connectivity index (χ1n) is 6.43. The van der Waals surface area contributed by atoms with E-state index < -0.39 is 0 Å². The zero-order valence-electron chi connectivity index (χ0n) is 10.1. The number of fused-ring (bicyclic) bond motifs is 1. The standard InChI is InChI=1S/C14H15FN2O/c15-10-6-7-12-11(8-10)13(17-14(18)16-12)9-4-2-1-3-5-9/h6-9H,1-5H2,(H,16,17,18). The fourth-order valence-corrected chi connectivity index (χ4v) is 2.85. The molecule has 2 aromatic rings. The van der Waals surface area contributed by atoms with Crippen molar-refractivity contribution in [2.45, 2.75) is 38.0 Å². The molecular weight excluding hydrogens is 231 g/mol. The monoisotopic (exact) mass is 246 g/mol. The molecule has 1 saturated carbocycles. The van der Waals surface area contributed by atoms with Crippen LogP contribution in [-0.4, -0.2) is 9.97 Å². The largest absolute Gasteiger partial charge is 0.345 e. The van der Waals surface area contributed by atoms with Crippen LogP contribution in [0, 0.1) is 5.82 Å². The molecular formula is C14H15FN2O. The number of hydrogen-bond donors (Lipinski definition) is 1. The lowest BCUT2D eigenvalue weighted by atomic mass is 9.85. The predicted octanol–water partition coefficient (Wildman–Crippen LogP) is 3.11. The topological polar surface area (TPSA) is 45.8 Å². The third-order valence-electron chi connectivity index (χ3n) is 3.73. The molecule has 1 aliphatic carbocycles. The SMILES string of the molecule is O=c1nc2ccc(F)cc2c(C2CCCCC2)[nH]1. The van der Waals surface area contributed by atoms with E-state index in [1.807, 2.05) is 0 Å². The Morgan fingerprint density at radius 3 is 2.78 bits per heavy atom. The Kier molecular flexibility index (Phi) is 2.86. The van der Waals surface area contributed by atoms with Crippen molar-refractivity contribution in [1.29, 1.82) is 0 Å². The lowest BCUT2D eigenvalue weighted by molar-refractivity contribution is 0.438. The molecule has 0 radical (unpaired) electrons. The van der Waals surface area contributed by atoms with E-state index in [1.165, 1.54) is 31.4 Å². The quantitative estimate of drug-likeness (QED) is 0.840. The molecule has 0 saturated heterocycles. The van der Waals surface area contributed by atoms with Crippen LogP contribution in [0.2, 0.25) is 0 Å². The average Bonchev–Trinajstić information content (AvgIpc) is 2.39. The van der Waals surface area contributed by atoms with E-state index in [1.54, 1.807) is 6.07 Å². The van der Waals surface area contributed by atoms with E-state index in [4.69, 9.17) is 0 Å². The summed E-state index contributed by atoms with van der Waals surface area (Å²) in [5.74, 6) is 0.0483. The van der Waals surface area contributed by atoms with Crippen LogP contribution in [0.5, 0.6) is 0 Å². The summed E-state index contributed by atoms with van der Waals surface area (Å²) in [5.41, 5.74) is 1.11. The molecule has 0 atom stereocenters. The number of nitrogens with one attached hydrogen (secondary N) is 1. The van der Waals surface area contributed by atoms with E-state index in [2.05, 4.69) is 9.97 Å². The molecule has 1 N–H and O–H groups in total. The van der Waals surface area contributed by atoms with Crippen LogP contribution in [0.15, 0.2) is 23.0 Å². The van der Waals surface area contributed by atoms with Crippen LogP contribution in [0.1, 0.15) is 43.7 Å². The molecule has 94 valence electrons. The highest BCUT2D eigenvalue weighted by atomic mass is 19.1. The summed E-state index contributed by atoms with van der Waals surface area (Å²) in [4.78, 5) is 18.3. The molecule has 0 bridgehead atoms. The van der Waals surface area contributed by atoms with Gasteiger partial charge in [0, 0.05) is 11.1 Å². The second-order valence-corrected chi connectivity index (χ2v) is 4.95. The molecule has 0 aliphatic heterocycles. The molecule has 3 rings (SSSR count). The summed E-state index contributed by atoms with van der Waals surface area (Å²) in [6.45, 7) is 0. The molecule has 18 heavy (non-hydrogen) atoms. The average molecular weight is 246 g/mol. The summed E-state index contributed by atoms with van der Waals surface area (Å²) < 4.78 is 13.4. The van der Waals surface area contributed by atoms with Gasteiger partial charge < -0.3 is 4.98 Å². The number of benzene rings is 1. The van der Waals surface area contributed by atoms with Gasteiger partial charge in [-0.2, -0.15) is 4.98 Å². The number of halogens is 1. The first-order chi connectivity index (χ1) is 8.74. The summed E-state index contributed by atoms with van der Waals surface area (Å²) in [7, 11) is 0. The second kappa shape index (κ2) is 4.52. The third kappa shape index (κ3) is 2.03. The maximum atomic E-state index is 13.4. The Labute approximate surface area is 104 Å². The predicted molar refractivity (Wildman–Crippen MR) is 68.1 cm³/mol. The van der Waals surface area contributed by atoms with Crippen molar-refractivity contribution in [2.24, 2.45) is 0 Å². The minimum absolute atomic E-state index is 0.284. The van der Waals surface area contributed by atoms with Crippen molar-refractivity contribution < 1.29 is 4.39 Å². The van der Waals surface area contributed by atoms with Crippen molar-refractivity contribution >= 4 is 10.9 Å². The smallest absolute Gasteiger partial charge is 0.309 e. The number of aromatic nitrogens is 2. The lowest BCUT2D eigenvalue weighted by Gasteiger charge is -2.22. The van der Waals surface area contributed by atoms with Gasteiger partial charge >= 0.3 is 5.69 Å². The fraction of sp³-hybridized carbons (Fsp3) is 0.429. The maximum Gasteiger partial charge on any atom is 0.345 e. The van der Waals surface area contributed by atoms with Gasteiger partial charge in [-0.25, -0.2) is 9.18 Å². The Balaban J connectivity index is 2.19.